The number of esters is 1. The Bertz CT molecular complexity index is 668. The lowest BCUT2D eigenvalue weighted by Crippen LogP contribution is -2.16. The second kappa shape index (κ2) is 4.57. The normalized spacial score (nSPS) is 13.1. The van der Waals surface area contributed by atoms with E-state index < -0.39 is 5.97 Å². The number of hydrogen-bond donors (Lipinski definition) is 0. The van der Waals surface area contributed by atoms with Gasteiger partial charge in [-0.3, -0.25) is 9.36 Å². The highest BCUT2D eigenvalue weighted by atomic mass is 16.5. The maximum atomic E-state index is 11.9. The van der Waals surface area contributed by atoms with Crippen LogP contribution >= 0.6 is 0 Å². The van der Waals surface area contributed by atoms with E-state index in [0.717, 1.165) is 5.56 Å². The van der Waals surface area contributed by atoms with Gasteiger partial charge < -0.3 is 4.74 Å². The summed E-state index contributed by atoms with van der Waals surface area (Å²) in [5.74, 6) is -0.921. The molecule has 0 bridgehead atoms. The van der Waals surface area contributed by atoms with Crippen molar-refractivity contribution < 1.29 is 14.3 Å². The molecular weight excluding hydrogens is 242 g/mol. The maximum Gasteiger partial charge on any atom is 0.344 e. The Labute approximate surface area is 109 Å². The Morgan fingerprint density at radius 1 is 1.11 bits per heavy atom. The van der Waals surface area contributed by atoms with Gasteiger partial charge in [0, 0.05) is 11.9 Å². The molecule has 0 amide bonds. The lowest BCUT2D eigenvalue weighted by molar-refractivity contribution is -0.139. The number of carbonyl (C=O) groups is 2. The minimum Gasteiger partial charge on any atom is -0.457 e. The zero-order valence-corrected chi connectivity index (χ0v) is 10.1. The molecule has 2 heterocycles. The minimum atomic E-state index is -0.586. The Kier molecular flexibility index (Phi) is 2.76. The quantitative estimate of drug-likeness (QED) is 0.622. The highest BCUT2D eigenvalue weighted by Crippen LogP contribution is 2.20. The molecule has 0 saturated heterocycles. The SMILES string of the molecule is O=C(OCc1ccccc1)C1=Cc2cccn2C1=O. The van der Waals surface area contributed by atoms with Gasteiger partial charge in [0.1, 0.15) is 12.2 Å². The molecule has 4 heteroatoms. The largest absolute Gasteiger partial charge is 0.457 e. The number of benzene rings is 1. The van der Waals surface area contributed by atoms with Gasteiger partial charge in [-0.2, -0.15) is 0 Å². The third-order valence-corrected chi connectivity index (χ3v) is 2.95. The fourth-order valence-electron chi connectivity index (χ4n) is 1.98. The number of fused-ring (bicyclic) bond motifs is 1. The van der Waals surface area contributed by atoms with Crippen LogP contribution in [0.2, 0.25) is 0 Å². The maximum absolute atomic E-state index is 11.9. The van der Waals surface area contributed by atoms with Gasteiger partial charge in [0.05, 0.1) is 0 Å². The molecule has 19 heavy (non-hydrogen) atoms. The van der Waals surface area contributed by atoms with Gasteiger partial charge in [-0.15, -0.1) is 0 Å². The van der Waals surface area contributed by atoms with E-state index in [2.05, 4.69) is 0 Å². The summed E-state index contributed by atoms with van der Waals surface area (Å²) in [6, 6.07) is 12.9. The number of hydrogen-bond acceptors (Lipinski definition) is 3. The molecule has 1 aliphatic heterocycles. The molecular formula is C15H11NO3. The molecule has 0 atom stereocenters. The molecule has 1 aliphatic rings. The average molecular weight is 253 g/mol. The van der Waals surface area contributed by atoms with E-state index in [-0.39, 0.29) is 18.1 Å². The molecule has 94 valence electrons. The zero-order chi connectivity index (χ0) is 13.2. The van der Waals surface area contributed by atoms with E-state index in [4.69, 9.17) is 4.74 Å². The number of carbonyl (C=O) groups excluding carboxylic acids is 2. The summed E-state index contributed by atoms with van der Waals surface area (Å²) >= 11 is 0. The lowest BCUT2D eigenvalue weighted by Gasteiger charge is -2.04. The van der Waals surface area contributed by atoms with E-state index in [1.54, 1.807) is 24.4 Å². The van der Waals surface area contributed by atoms with Crippen LogP contribution in [0.4, 0.5) is 0 Å². The summed E-state index contributed by atoms with van der Waals surface area (Å²) in [6.45, 7) is 0.166. The lowest BCUT2D eigenvalue weighted by atomic mass is 10.2. The third kappa shape index (κ3) is 2.08. The summed E-state index contributed by atoms with van der Waals surface area (Å²) in [4.78, 5) is 23.8. The molecule has 1 aromatic heterocycles. The first-order valence-corrected chi connectivity index (χ1v) is 5.90. The Balaban J connectivity index is 1.70. The number of aromatic nitrogens is 1. The molecule has 0 N–H and O–H groups in total. The van der Waals surface area contributed by atoms with Crippen molar-refractivity contribution in [2.45, 2.75) is 6.61 Å². The van der Waals surface area contributed by atoms with Gasteiger partial charge in [-0.05, 0) is 23.8 Å². The van der Waals surface area contributed by atoms with Crippen molar-refractivity contribution in [1.29, 1.82) is 0 Å². The van der Waals surface area contributed by atoms with Crippen LogP contribution in [0.1, 0.15) is 16.1 Å². The second-order valence-electron chi connectivity index (χ2n) is 4.23. The summed E-state index contributed by atoms with van der Waals surface area (Å²) in [5, 5.41) is 0. The van der Waals surface area contributed by atoms with Gasteiger partial charge in [0.15, 0.2) is 0 Å². The van der Waals surface area contributed by atoms with Crippen LogP contribution in [0.15, 0.2) is 54.2 Å². The predicted molar refractivity (Wildman–Crippen MR) is 69.3 cm³/mol. The van der Waals surface area contributed by atoms with Crippen molar-refractivity contribution in [2.75, 3.05) is 0 Å². The molecule has 0 unspecified atom stereocenters. The summed E-state index contributed by atoms with van der Waals surface area (Å²) in [6.07, 6.45) is 3.18. The molecule has 0 spiro atoms. The van der Waals surface area contributed by atoms with Gasteiger partial charge >= 0.3 is 5.97 Å². The first-order valence-electron chi connectivity index (χ1n) is 5.90. The first-order chi connectivity index (χ1) is 9.25. The van der Waals surface area contributed by atoms with Gasteiger partial charge in [0.25, 0.3) is 5.91 Å². The van der Waals surface area contributed by atoms with Gasteiger partial charge in [0.2, 0.25) is 0 Å². The number of rotatable bonds is 3. The topological polar surface area (TPSA) is 48.3 Å². The molecule has 0 saturated carbocycles. The third-order valence-electron chi connectivity index (χ3n) is 2.95. The van der Waals surface area contributed by atoms with E-state index >= 15 is 0 Å². The van der Waals surface area contributed by atoms with Gasteiger partial charge in [-0.25, -0.2) is 4.79 Å². The fraction of sp³-hybridized carbons (Fsp3) is 0.0667. The van der Waals surface area contributed by atoms with Crippen LogP contribution in [0.5, 0.6) is 0 Å². The van der Waals surface area contributed by atoms with Crippen molar-refractivity contribution in [3.8, 4) is 0 Å². The van der Waals surface area contributed by atoms with Crippen molar-refractivity contribution in [1.82, 2.24) is 4.57 Å². The number of nitrogens with zero attached hydrogens (tertiary/aromatic N) is 1. The standard InChI is InChI=1S/C15H11NO3/c17-14-13(9-12-7-4-8-16(12)14)15(18)19-10-11-5-2-1-3-6-11/h1-9H,10H2. The van der Waals surface area contributed by atoms with E-state index in [9.17, 15) is 9.59 Å². The first kappa shape index (κ1) is 11.5. The Hall–Kier alpha value is -2.62. The molecule has 1 aromatic carbocycles. The predicted octanol–water partition coefficient (Wildman–Crippen LogP) is 2.27. The summed E-state index contributed by atoms with van der Waals surface area (Å²) < 4.78 is 6.57. The molecule has 0 radical (unpaired) electrons. The molecule has 0 fully saturated rings. The van der Waals surface area contributed by atoms with Crippen LogP contribution in [0, 0.1) is 0 Å². The van der Waals surface area contributed by atoms with E-state index in [0.29, 0.717) is 5.69 Å². The fourth-order valence-corrected chi connectivity index (χ4v) is 1.98. The molecule has 2 aromatic rings. The highest BCUT2D eigenvalue weighted by molar-refractivity contribution is 6.23. The van der Waals surface area contributed by atoms with Crippen molar-refractivity contribution in [2.24, 2.45) is 0 Å². The smallest absolute Gasteiger partial charge is 0.344 e. The summed E-state index contributed by atoms with van der Waals surface area (Å²) in [5.41, 5.74) is 1.67. The molecule has 3 rings (SSSR count). The zero-order valence-electron chi connectivity index (χ0n) is 10.1. The van der Waals surface area contributed by atoms with Crippen LogP contribution < -0.4 is 0 Å². The summed E-state index contributed by atoms with van der Waals surface area (Å²) in [7, 11) is 0. The van der Waals surface area contributed by atoms with Gasteiger partial charge in [-0.1, -0.05) is 30.3 Å². The van der Waals surface area contributed by atoms with E-state index in [1.807, 2.05) is 30.3 Å². The Morgan fingerprint density at radius 3 is 2.63 bits per heavy atom. The molecule has 0 aliphatic carbocycles. The van der Waals surface area contributed by atoms with Crippen molar-refractivity contribution in [3.63, 3.8) is 0 Å². The number of ether oxygens (including phenoxy) is 1. The van der Waals surface area contributed by atoms with Crippen LogP contribution in [0.3, 0.4) is 0 Å². The van der Waals surface area contributed by atoms with Crippen molar-refractivity contribution >= 4 is 18.0 Å². The van der Waals surface area contributed by atoms with Crippen LogP contribution in [0.25, 0.3) is 6.08 Å². The monoisotopic (exact) mass is 253 g/mol. The average Bonchev–Trinajstić information content (AvgIpc) is 3.01. The second-order valence-corrected chi connectivity index (χ2v) is 4.23. The minimum absolute atomic E-state index is 0.0755. The molecule has 4 nitrogen and oxygen atoms in total. The van der Waals surface area contributed by atoms with Crippen molar-refractivity contribution in [3.05, 3.63) is 65.5 Å². The highest BCUT2D eigenvalue weighted by Gasteiger charge is 2.27. The Morgan fingerprint density at radius 2 is 1.89 bits per heavy atom. The van der Waals surface area contributed by atoms with Crippen LogP contribution in [-0.2, 0) is 16.1 Å². The van der Waals surface area contributed by atoms with Crippen LogP contribution in [-0.4, -0.2) is 16.4 Å². The van der Waals surface area contributed by atoms with E-state index in [1.165, 1.54) is 4.57 Å².